The van der Waals surface area contributed by atoms with E-state index in [1.54, 1.807) is 0 Å². The molecular formula is C49H34N2. The molecule has 1 heterocycles. The molecule has 2 nitrogen and oxygen atoms in total. The van der Waals surface area contributed by atoms with E-state index < -0.39 is 0 Å². The van der Waals surface area contributed by atoms with E-state index in [-0.39, 0.29) is 5.41 Å². The van der Waals surface area contributed by atoms with Gasteiger partial charge in [-0.3, -0.25) is 0 Å². The van der Waals surface area contributed by atoms with Crippen molar-refractivity contribution in [3.63, 3.8) is 0 Å². The van der Waals surface area contributed by atoms with Crippen LogP contribution in [-0.4, -0.2) is 9.97 Å². The number of aromatic nitrogens is 2. The summed E-state index contributed by atoms with van der Waals surface area (Å²) in [6, 6.07) is 61.2. The molecule has 0 fully saturated rings. The number of hydrogen-bond donors (Lipinski definition) is 0. The van der Waals surface area contributed by atoms with Gasteiger partial charge in [-0.05, 0) is 90.3 Å². The second-order valence-corrected chi connectivity index (χ2v) is 14.1. The minimum absolute atomic E-state index is 0.0540. The second-order valence-electron chi connectivity index (χ2n) is 14.1. The van der Waals surface area contributed by atoms with Crippen LogP contribution in [0.5, 0.6) is 0 Å². The highest BCUT2D eigenvalue weighted by Gasteiger charge is 2.35. The highest BCUT2D eigenvalue weighted by atomic mass is 14.8. The summed E-state index contributed by atoms with van der Waals surface area (Å²) in [7, 11) is 0. The molecule has 0 N–H and O–H groups in total. The normalized spacial score (nSPS) is 13.1. The van der Waals surface area contributed by atoms with E-state index >= 15 is 0 Å². The summed E-state index contributed by atoms with van der Waals surface area (Å²) in [5.41, 5.74) is 15.9. The van der Waals surface area contributed by atoms with Crippen molar-refractivity contribution in [3.8, 4) is 55.9 Å². The minimum Gasteiger partial charge on any atom is -0.244 e. The Hall–Kier alpha value is -6.38. The summed E-state index contributed by atoms with van der Waals surface area (Å²) in [6.45, 7) is 4.69. The average Bonchev–Trinajstić information content (AvgIpc) is 3.42. The van der Waals surface area contributed by atoms with Gasteiger partial charge in [0, 0.05) is 16.5 Å². The van der Waals surface area contributed by atoms with E-state index in [9.17, 15) is 0 Å². The smallest absolute Gasteiger partial charge is 0.0985 e. The fourth-order valence-electron chi connectivity index (χ4n) is 8.40. The molecule has 0 unspecified atom stereocenters. The third kappa shape index (κ3) is 4.57. The van der Waals surface area contributed by atoms with Gasteiger partial charge >= 0.3 is 0 Å². The molecule has 2 heteroatoms. The summed E-state index contributed by atoms with van der Waals surface area (Å²) in [5, 5.41) is 4.72. The van der Waals surface area contributed by atoms with Crippen molar-refractivity contribution in [2.45, 2.75) is 19.3 Å². The van der Waals surface area contributed by atoms with Crippen LogP contribution >= 0.6 is 0 Å². The topological polar surface area (TPSA) is 25.8 Å². The summed E-state index contributed by atoms with van der Waals surface area (Å²) in [5.74, 6) is 0. The number of benzene rings is 8. The van der Waals surface area contributed by atoms with Crippen LogP contribution in [0.2, 0.25) is 0 Å². The summed E-state index contributed by atoms with van der Waals surface area (Å²) >= 11 is 0. The lowest BCUT2D eigenvalue weighted by Gasteiger charge is -2.22. The molecule has 1 aliphatic rings. The number of rotatable bonds is 4. The first-order valence-corrected chi connectivity index (χ1v) is 17.7. The summed E-state index contributed by atoms with van der Waals surface area (Å²) < 4.78 is 0. The zero-order valence-electron chi connectivity index (χ0n) is 28.6. The fourth-order valence-corrected chi connectivity index (χ4v) is 8.40. The Labute approximate surface area is 297 Å². The average molecular weight is 651 g/mol. The molecular weight excluding hydrogens is 617 g/mol. The quantitative estimate of drug-likeness (QED) is 0.177. The first-order chi connectivity index (χ1) is 25.1. The van der Waals surface area contributed by atoms with Crippen molar-refractivity contribution < 1.29 is 0 Å². The van der Waals surface area contributed by atoms with Crippen molar-refractivity contribution in [2.24, 2.45) is 0 Å². The number of nitrogens with zero attached hydrogens (tertiary/aromatic N) is 2. The fraction of sp³-hybridized carbons (Fsp3) is 0.0612. The zero-order valence-corrected chi connectivity index (χ0v) is 28.6. The van der Waals surface area contributed by atoms with Crippen LogP contribution in [0.15, 0.2) is 170 Å². The first kappa shape index (κ1) is 29.5. The maximum Gasteiger partial charge on any atom is 0.0985 e. The van der Waals surface area contributed by atoms with Gasteiger partial charge in [0.1, 0.15) is 0 Å². The Balaban J connectivity index is 1.34. The third-order valence-electron chi connectivity index (χ3n) is 10.9. The molecule has 0 spiro atoms. The van der Waals surface area contributed by atoms with E-state index in [4.69, 9.17) is 9.97 Å². The SMILES string of the molecule is CC1(C)c2ccccc2-c2cc(-c3c4ccccc4c(-c4nc5ccccc5nc4-c4ccccc4)c4ccc(-c5ccccc5)cc34)ccc21. The van der Waals surface area contributed by atoms with Crippen molar-refractivity contribution in [3.05, 3.63) is 181 Å². The molecule has 1 aromatic heterocycles. The molecule has 10 rings (SSSR count). The van der Waals surface area contributed by atoms with Gasteiger partial charge in [-0.25, -0.2) is 9.97 Å². The molecule has 0 amide bonds. The van der Waals surface area contributed by atoms with Gasteiger partial charge < -0.3 is 0 Å². The van der Waals surface area contributed by atoms with Crippen LogP contribution < -0.4 is 0 Å². The highest BCUT2D eigenvalue weighted by molar-refractivity contribution is 6.22. The van der Waals surface area contributed by atoms with Crippen LogP contribution in [0.25, 0.3) is 88.5 Å². The lowest BCUT2D eigenvalue weighted by atomic mass is 9.81. The minimum atomic E-state index is -0.0540. The van der Waals surface area contributed by atoms with Gasteiger partial charge in [0.25, 0.3) is 0 Å². The number of fused-ring (bicyclic) bond motifs is 6. The van der Waals surface area contributed by atoms with Gasteiger partial charge in [-0.2, -0.15) is 0 Å². The van der Waals surface area contributed by atoms with Crippen LogP contribution in [0, 0.1) is 0 Å². The highest BCUT2D eigenvalue weighted by Crippen LogP contribution is 2.52. The van der Waals surface area contributed by atoms with E-state index in [2.05, 4.69) is 172 Å². The maximum atomic E-state index is 5.43. The molecule has 8 aromatic carbocycles. The van der Waals surface area contributed by atoms with Crippen molar-refractivity contribution in [2.75, 3.05) is 0 Å². The largest absolute Gasteiger partial charge is 0.244 e. The van der Waals surface area contributed by atoms with Crippen LogP contribution in [0.4, 0.5) is 0 Å². The van der Waals surface area contributed by atoms with E-state index in [1.165, 1.54) is 55.3 Å². The zero-order chi connectivity index (χ0) is 34.1. The number of para-hydroxylation sites is 2. The molecule has 0 saturated carbocycles. The molecule has 0 atom stereocenters. The maximum absolute atomic E-state index is 5.43. The molecule has 51 heavy (non-hydrogen) atoms. The lowest BCUT2D eigenvalue weighted by molar-refractivity contribution is 0.660. The van der Waals surface area contributed by atoms with Gasteiger partial charge in [-0.1, -0.05) is 159 Å². The molecule has 0 saturated heterocycles. The van der Waals surface area contributed by atoms with Gasteiger partial charge in [-0.15, -0.1) is 0 Å². The van der Waals surface area contributed by atoms with Gasteiger partial charge in [0.05, 0.1) is 22.4 Å². The standard InChI is InChI=1S/C49H34N2/c1-49(2)41-22-12-11-19-35(41)39-30-34(26-28-42(39)49)45-36-20-9-10-21-37(36)46(38-27-25-33(29-40(38)45)31-15-5-3-6-16-31)48-47(32-17-7-4-8-18-32)50-43-23-13-14-24-44(43)51-48/h3-30H,1-2H3. The van der Waals surface area contributed by atoms with Crippen LogP contribution in [0.1, 0.15) is 25.0 Å². The van der Waals surface area contributed by atoms with Gasteiger partial charge in [0.15, 0.2) is 0 Å². The number of hydrogen-bond acceptors (Lipinski definition) is 2. The molecule has 240 valence electrons. The Morgan fingerprint density at radius 1 is 0.353 bits per heavy atom. The van der Waals surface area contributed by atoms with E-state index in [0.717, 1.165) is 44.3 Å². The Bertz CT molecular complexity index is 2810. The summed E-state index contributed by atoms with van der Waals surface area (Å²) in [6.07, 6.45) is 0. The first-order valence-electron chi connectivity index (χ1n) is 17.7. The second kappa shape index (κ2) is 11.3. The third-order valence-corrected chi connectivity index (χ3v) is 10.9. The predicted octanol–water partition coefficient (Wildman–Crippen LogP) is 12.9. The molecule has 9 aromatic rings. The Morgan fingerprint density at radius 3 is 1.65 bits per heavy atom. The molecule has 0 aliphatic heterocycles. The lowest BCUT2D eigenvalue weighted by Crippen LogP contribution is -2.14. The van der Waals surface area contributed by atoms with Crippen molar-refractivity contribution in [1.29, 1.82) is 0 Å². The Morgan fingerprint density at radius 2 is 0.902 bits per heavy atom. The molecule has 0 radical (unpaired) electrons. The van der Waals surface area contributed by atoms with Crippen molar-refractivity contribution in [1.82, 2.24) is 9.97 Å². The monoisotopic (exact) mass is 650 g/mol. The van der Waals surface area contributed by atoms with Crippen LogP contribution in [0.3, 0.4) is 0 Å². The van der Waals surface area contributed by atoms with Crippen LogP contribution in [-0.2, 0) is 5.41 Å². The molecule has 1 aliphatic carbocycles. The Kier molecular flexibility index (Phi) is 6.56. The molecule has 0 bridgehead atoms. The van der Waals surface area contributed by atoms with Gasteiger partial charge in [0.2, 0.25) is 0 Å². The predicted molar refractivity (Wildman–Crippen MR) is 214 cm³/mol. The summed E-state index contributed by atoms with van der Waals surface area (Å²) in [4.78, 5) is 10.7. The van der Waals surface area contributed by atoms with E-state index in [0.29, 0.717) is 0 Å². The van der Waals surface area contributed by atoms with Crippen molar-refractivity contribution >= 4 is 32.6 Å². The van der Waals surface area contributed by atoms with E-state index in [1.807, 2.05) is 12.1 Å².